The summed E-state index contributed by atoms with van der Waals surface area (Å²) in [5.41, 5.74) is 0. The molecule has 2 aliphatic rings. The molecule has 2 rings (SSSR count). The number of hydrogen-bond acceptors (Lipinski definition) is 2. The van der Waals surface area contributed by atoms with Gasteiger partial charge in [-0.15, -0.1) is 0 Å². The summed E-state index contributed by atoms with van der Waals surface area (Å²) in [5.74, 6) is -0.236. The highest BCUT2D eigenvalue weighted by molar-refractivity contribution is 9.09. The van der Waals surface area contributed by atoms with Crippen molar-refractivity contribution in [2.24, 2.45) is 0 Å². The molecular formula is C7H11BrO2. The molecule has 2 aliphatic heterocycles. The van der Waals surface area contributed by atoms with Crippen molar-refractivity contribution >= 4 is 15.9 Å². The van der Waals surface area contributed by atoms with E-state index in [1.165, 1.54) is 0 Å². The minimum atomic E-state index is -0.236. The maximum absolute atomic E-state index is 5.54. The number of rotatable bonds is 0. The first-order valence-corrected chi connectivity index (χ1v) is 4.67. The van der Waals surface area contributed by atoms with Crippen molar-refractivity contribution in [3.8, 4) is 0 Å². The normalized spacial score (nSPS) is 47.1. The second-order valence-electron chi connectivity index (χ2n) is 2.87. The summed E-state index contributed by atoms with van der Waals surface area (Å²) in [7, 11) is 0. The molecule has 2 fully saturated rings. The van der Waals surface area contributed by atoms with Gasteiger partial charge in [0.2, 0.25) is 0 Å². The van der Waals surface area contributed by atoms with Gasteiger partial charge in [0.05, 0.1) is 18.0 Å². The quantitative estimate of drug-likeness (QED) is 0.562. The van der Waals surface area contributed by atoms with E-state index in [-0.39, 0.29) is 5.79 Å². The predicted octanol–water partition coefficient (Wildman–Crippen LogP) is 1.68. The Hall–Kier alpha value is 0.400. The molecule has 2 heterocycles. The average molecular weight is 207 g/mol. The van der Waals surface area contributed by atoms with E-state index in [4.69, 9.17) is 9.47 Å². The summed E-state index contributed by atoms with van der Waals surface area (Å²) >= 11 is 3.57. The van der Waals surface area contributed by atoms with Gasteiger partial charge in [0.25, 0.3) is 0 Å². The van der Waals surface area contributed by atoms with Crippen LogP contribution in [0.25, 0.3) is 0 Å². The standard InChI is InChI=1S/C7H11BrO2/c8-6-2-5-10-7(6)3-1-4-9-7/h6H,1-5H2. The van der Waals surface area contributed by atoms with E-state index >= 15 is 0 Å². The lowest BCUT2D eigenvalue weighted by Gasteiger charge is -2.24. The molecule has 0 amide bonds. The van der Waals surface area contributed by atoms with Gasteiger partial charge in [-0.2, -0.15) is 0 Å². The molecule has 0 aromatic carbocycles. The monoisotopic (exact) mass is 206 g/mol. The van der Waals surface area contributed by atoms with Crippen molar-refractivity contribution in [1.82, 2.24) is 0 Å². The van der Waals surface area contributed by atoms with Crippen LogP contribution in [0, 0.1) is 0 Å². The van der Waals surface area contributed by atoms with Gasteiger partial charge < -0.3 is 9.47 Å². The fourth-order valence-corrected chi connectivity index (χ4v) is 2.32. The molecule has 0 aliphatic carbocycles. The average Bonchev–Trinajstić information content (AvgIpc) is 2.48. The van der Waals surface area contributed by atoms with Crippen LogP contribution >= 0.6 is 15.9 Å². The van der Waals surface area contributed by atoms with Gasteiger partial charge in [-0.1, -0.05) is 15.9 Å². The molecule has 58 valence electrons. The molecule has 0 radical (unpaired) electrons. The van der Waals surface area contributed by atoms with Crippen LogP contribution in [0.2, 0.25) is 0 Å². The molecule has 2 atom stereocenters. The molecule has 0 bridgehead atoms. The molecule has 2 unspecified atom stereocenters. The Labute approximate surface area is 69.0 Å². The van der Waals surface area contributed by atoms with Crippen LogP contribution in [0.15, 0.2) is 0 Å². The maximum atomic E-state index is 5.54. The Balaban J connectivity index is 2.11. The van der Waals surface area contributed by atoms with Gasteiger partial charge in [0, 0.05) is 6.42 Å². The molecular weight excluding hydrogens is 196 g/mol. The summed E-state index contributed by atoms with van der Waals surface area (Å²) in [6.45, 7) is 1.71. The van der Waals surface area contributed by atoms with Gasteiger partial charge in [-0.05, 0) is 12.8 Å². The molecule has 2 saturated heterocycles. The Kier molecular flexibility index (Phi) is 1.74. The second kappa shape index (κ2) is 2.47. The molecule has 3 heteroatoms. The van der Waals surface area contributed by atoms with Crippen LogP contribution < -0.4 is 0 Å². The summed E-state index contributed by atoms with van der Waals surface area (Å²) in [6.07, 6.45) is 3.28. The van der Waals surface area contributed by atoms with Crippen LogP contribution in [0.1, 0.15) is 19.3 Å². The fourth-order valence-electron chi connectivity index (χ4n) is 1.64. The first kappa shape index (κ1) is 7.07. The van der Waals surface area contributed by atoms with Crippen LogP contribution in [0.4, 0.5) is 0 Å². The SMILES string of the molecule is BrC1CCOC12CCCO2. The largest absolute Gasteiger partial charge is 0.349 e. The zero-order chi connectivity index (χ0) is 7.03. The van der Waals surface area contributed by atoms with Gasteiger partial charge >= 0.3 is 0 Å². The van der Waals surface area contributed by atoms with Crippen LogP contribution in [-0.4, -0.2) is 23.8 Å². The summed E-state index contributed by atoms with van der Waals surface area (Å²) in [5, 5.41) is 0. The van der Waals surface area contributed by atoms with Crippen molar-refractivity contribution in [1.29, 1.82) is 0 Å². The van der Waals surface area contributed by atoms with Crippen LogP contribution in [-0.2, 0) is 9.47 Å². The summed E-state index contributed by atoms with van der Waals surface area (Å²) in [6, 6.07) is 0. The minimum absolute atomic E-state index is 0.236. The molecule has 2 nitrogen and oxygen atoms in total. The smallest absolute Gasteiger partial charge is 0.180 e. The van der Waals surface area contributed by atoms with E-state index in [1.54, 1.807) is 0 Å². The Morgan fingerprint density at radius 1 is 1.30 bits per heavy atom. The van der Waals surface area contributed by atoms with Gasteiger partial charge in [0.1, 0.15) is 0 Å². The lowest BCUT2D eigenvalue weighted by atomic mass is 10.1. The van der Waals surface area contributed by atoms with Crippen LogP contribution in [0.5, 0.6) is 0 Å². The zero-order valence-corrected chi connectivity index (χ0v) is 7.39. The third kappa shape index (κ3) is 0.917. The van der Waals surface area contributed by atoms with Crippen molar-refractivity contribution in [2.45, 2.75) is 29.9 Å². The number of hydrogen-bond donors (Lipinski definition) is 0. The fraction of sp³-hybridized carbons (Fsp3) is 1.00. The number of alkyl halides is 1. The van der Waals surface area contributed by atoms with Gasteiger partial charge in [-0.3, -0.25) is 0 Å². The number of ether oxygens (including phenoxy) is 2. The Morgan fingerprint density at radius 3 is 2.60 bits per heavy atom. The molecule has 0 N–H and O–H groups in total. The van der Waals surface area contributed by atoms with Gasteiger partial charge in [-0.25, -0.2) is 0 Å². The number of halogens is 1. The first-order valence-electron chi connectivity index (χ1n) is 3.75. The minimum Gasteiger partial charge on any atom is -0.349 e. The molecule has 1 spiro atoms. The lowest BCUT2D eigenvalue weighted by molar-refractivity contribution is -0.174. The third-order valence-corrected chi connectivity index (χ3v) is 3.37. The third-order valence-electron chi connectivity index (χ3n) is 2.21. The molecule has 0 aromatic heterocycles. The van der Waals surface area contributed by atoms with Crippen molar-refractivity contribution in [3.63, 3.8) is 0 Å². The van der Waals surface area contributed by atoms with Crippen molar-refractivity contribution in [3.05, 3.63) is 0 Å². The van der Waals surface area contributed by atoms with Crippen molar-refractivity contribution in [2.75, 3.05) is 13.2 Å². The van der Waals surface area contributed by atoms with E-state index in [9.17, 15) is 0 Å². The Bertz CT molecular complexity index is 126. The van der Waals surface area contributed by atoms with Gasteiger partial charge in [0.15, 0.2) is 5.79 Å². The highest BCUT2D eigenvalue weighted by Gasteiger charge is 2.46. The van der Waals surface area contributed by atoms with Crippen molar-refractivity contribution < 1.29 is 9.47 Å². The predicted molar refractivity (Wildman–Crippen MR) is 41.2 cm³/mol. The second-order valence-corrected chi connectivity index (χ2v) is 3.97. The van der Waals surface area contributed by atoms with E-state index in [2.05, 4.69) is 15.9 Å². The Morgan fingerprint density at radius 2 is 2.10 bits per heavy atom. The van der Waals surface area contributed by atoms with Crippen LogP contribution in [0.3, 0.4) is 0 Å². The van der Waals surface area contributed by atoms with E-state index in [1.807, 2.05) is 0 Å². The van der Waals surface area contributed by atoms with E-state index in [0.29, 0.717) is 4.83 Å². The van der Waals surface area contributed by atoms with E-state index in [0.717, 1.165) is 32.5 Å². The van der Waals surface area contributed by atoms with E-state index < -0.39 is 0 Å². The molecule has 0 saturated carbocycles. The summed E-state index contributed by atoms with van der Waals surface area (Å²) < 4.78 is 11.1. The topological polar surface area (TPSA) is 18.5 Å². The molecule has 0 aromatic rings. The highest BCUT2D eigenvalue weighted by Crippen LogP contribution is 2.40. The molecule has 10 heavy (non-hydrogen) atoms. The summed E-state index contributed by atoms with van der Waals surface area (Å²) in [4.78, 5) is 0.419. The first-order chi connectivity index (χ1) is 4.83. The lowest BCUT2D eigenvalue weighted by Crippen LogP contribution is -2.34. The zero-order valence-electron chi connectivity index (χ0n) is 5.81. The maximum Gasteiger partial charge on any atom is 0.180 e. The highest BCUT2D eigenvalue weighted by atomic mass is 79.9.